The standard InChI is InChI=1S/C16H15BrN2O/c1-11-3-6-13(7-4-11)19-10-16(20)18(2)14-8-5-12(17)9-15(14)19/h3-9H,10H2,1-2H3. The molecule has 0 bridgehead atoms. The van der Waals surface area contributed by atoms with E-state index in [1.165, 1.54) is 5.56 Å². The van der Waals surface area contributed by atoms with Crippen molar-refractivity contribution < 1.29 is 4.79 Å². The molecule has 0 saturated heterocycles. The van der Waals surface area contributed by atoms with Gasteiger partial charge in [0.1, 0.15) is 6.54 Å². The Morgan fingerprint density at radius 3 is 2.45 bits per heavy atom. The van der Waals surface area contributed by atoms with Crippen LogP contribution in [0.25, 0.3) is 0 Å². The van der Waals surface area contributed by atoms with Gasteiger partial charge >= 0.3 is 0 Å². The molecule has 0 fully saturated rings. The van der Waals surface area contributed by atoms with Crippen LogP contribution in [0.4, 0.5) is 17.1 Å². The first-order chi connectivity index (χ1) is 9.56. The van der Waals surface area contributed by atoms with Crippen LogP contribution in [0.5, 0.6) is 0 Å². The van der Waals surface area contributed by atoms with Crippen molar-refractivity contribution in [1.29, 1.82) is 0 Å². The number of hydrogen-bond acceptors (Lipinski definition) is 2. The zero-order valence-corrected chi connectivity index (χ0v) is 13.0. The van der Waals surface area contributed by atoms with Crippen molar-refractivity contribution in [1.82, 2.24) is 0 Å². The van der Waals surface area contributed by atoms with E-state index in [0.717, 1.165) is 21.5 Å². The van der Waals surface area contributed by atoms with E-state index < -0.39 is 0 Å². The minimum Gasteiger partial charge on any atom is -0.330 e. The minimum absolute atomic E-state index is 0.0976. The molecule has 3 nitrogen and oxygen atoms in total. The number of rotatable bonds is 1. The van der Waals surface area contributed by atoms with Gasteiger partial charge in [-0.1, -0.05) is 33.6 Å². The lowest BCUT2D eigenvalue weighted by molar-refractivity contribution is -0.117. The lowest BCUT2D eigenvalue weighted by atomic mass is 10.1. The van der Waals surface area contributed by atoms with Gasteiger partial charge in [0.25, 0.3) is 0 Å². The fraction of sp³-hybridized carbons (Fsp3) is 0.188. The van der Waals surface area contributed by atoms with E-state index in [2.05, 4.69) is 58.1 Å². The number of fused-ring (bicyclic) bond motifs is 1. The zero-order valence-electron chi connectivity index (χ0n) is 11.4. The van der Waals surface area contributed by atoms with E-state index >= 15 is 0 Å². The van der Waals surface area contributed by atoms with Crippen LogP contribution in [-0.2, 0) is 4.79 Å². The van der Waals surface area contributed by atoms with E-state index in [-0.39, 0.29) is 5.91 Å². The Labute approximate surface area is 126 Å². The highest BCUT2D eigenvalue weighted by atomic mass is 79.9. The van der Waals surface area contributed by atoms with E-state index in [4.69, 9.17) is 0 Å². The summed E-state index contributed by atoms with van der Waals surface area (Å²) < 4.78 is 1.01. The molecule has 2 aromatic carbocycles. The van der Waals surface area contributed by atoms with E-state index in [1.807, 2.05) is 19.2 Å². The maximum atomic E-state index is 12.2. The number of benzene rings is 2. The average Bonchev–Trinajstić information content (AvgIpc) is 2.44. The normalized spacial score (nSPS) is 14.4. The van der Waals surface area contributed by atoms with Crippen molar-refractivity contribution in [3.05, 3.63) is 52.5 Å². The summed E-state index contributed by atoms with van der Waals surface area (Å²) in [5.74, 6) is 0.0976. The molecule has 1 heterocycles. The van der Waals surface area contributed by atoms with Crippen molar-refractivity contribution in [3.8, 4) is 0 Å². The lowest BCUT2D eigenvalue weighted by Crippen LogP contribution is -2.41. The first kappa shape index (κ1) is 13.2. The van der Waals surface area contributed by atoms with Gasteiger partial charge in [-0.2, -0.15) is 0 Å². The Bertz CT molecular complexity index is 667. The maximum absolute atomic E-state index is 12.2. The molecule has 1 aliphatic heterocycles. The molecule has 3 rings (SSSR count). The summed E-state index contributed by atoms with van der Waals surface area (Å²) in [5.41, 5.74) is 4.23. The summed E-state index contributed by atoms with van der Waals surface area (Å²) in [4.78, 5) is 15.9. The summed E-state index contributed by atoms with van der Waals surface area (Å²) in [6.07, 6.45) is 0. The first-order valence-electron chi connectivity index (χ1n) is 6.46. The molecule has 0 aromatic heterocycles. The second-order valence-corrected chi connectivity index (χ2v) is 5.92. The molecule has 20 heavy (non-hydrogen) atoms. The summed E-state index contributed by atoms with van der Waals surface area (Å²) in [7, 11) is 1.82. The van der Waals surface area contributed by atoms with Crippen LogP contribution in [0, 0.1) is 6.92 Å². The van der Waals surface area contributed by atoms with Gasteiger partial charge in [-0.25, -0.2) is 0 Å². The molecule has 0 spiro atoms. The van der Waals surface area contributed by atoms with Gasteiger partial charge in [-0.15, -0.1) is 0 Å². The zero-order chi connectivity index (χ0) is 14.3. The van der Waals surface area contributed by atoms with Gasteiger partial charge in [0.15, 0.2) is 0 Å². The van der Waals surface area contributed by atoms with Crippen molar-refractivity contribution in [2.45, 2.75) is 6.92 Å². The Hall–Kier alpha value is -1.81. The average molecular weight is 331 g/mol. The van der Waals surface area contributed by atoms with Crippen LogP contribution in [0.15, 0.2) is 46.9 Å². The SMILES string of the molecule is Cc1ccc(N2CC(=O)N(C)c3ccc(Br)cc32)cc1. The van der Waals surface area contributed by atoms with E-state index in [1.54, 1.807) is 4.90 Å². The molecule has 0 N–H and O–H groups in total. The predicted molar refractivity (Wildman–Crippen MR) is 85.7 cm³/mol. The highest BCUT2D eigenvalue weighted by Crippen LogP contribution is 2.39. The molecule has 1 amide bonds. The highest BCUT2D eigenvalue weighted by Gasteiger charge is 2.27. The summed E-state index contributed by atoms with van der Waals surface area (Å²) in [6.45, 7) is 2.42. The van der Waals surface area contributed by atoms with E-state index in [0.29, 0.717) is 6.54 Å². The maximum Gasteiger partial charge on any atom is 0.246 e. The third-order valence-electron chi connectivity index (χ3n) is 3.60. The van der Waals surface area contributed by atoms with Crippen LogP contribution in [0.2, 0.25) is 0 Å². The number of amides is 1. The molecule has 0 radical (unpaired) electrons. The predicted octanol–water partition coefficient (Wildman–Crippen LogP) is 3.87. The Kier molecular flexibility index (Phi) is 3.26. The van der Waals surface area contributed by atoms with Gasteiger partial charge in [0.2, 0.25) is 5.91 Å². The third kappa shape index (κ3) is 2.20. The third-order valence-corrected chi connectivity index (χ3v) is 4.10. The Morgan fingerprint density at radius 2 is 1.75 bits per heavy atom. The first-order valence-corrected chi connectivity index (χ1v) is 7.26. The number of carbonyl (C=O) groups excluding carboxylic acids is 1. The van der Waals surface area contributed by atoms with Crippen molar-refractivity contribution in [2.24, 2.45) is 0 Å². The smallest absolute Gasteiger partial charge is 0.246 e. The number of aryl methyl sites for hydroxylation is 1. The number of likely N-dealkylation sites (N-methyl/N-ethyl adjacent to an activating group) is 1. The van der Waals surface area contributed by atoms with Gasteiger partial charge < -0.3 is 9.80 Å². The molecule has 102 valence electrons. The Morgan fingerprint density at radius 1 is 1.05 bits per heavy atom. The molecular weight excluding hydrogens is 316 g/mol. The van der Waals surface area contributed by atoms with Gasteiger partial charge in [-0.05, 0) is 37.3 Å². The number of halogens is 1. The fourth-order valence-electron chi connectivity index (χ4n) is 2.41. The molecule has 1 aliphatic rings. The minimum atomic E-state index is 0.0976. The summed E-state index contributed by atoms with van der Waals surface area (Å²) in [6, 6.07) is 14.2. The molecule has 0 aliphatic carbocycles. The molecular formula is C16H15BrN2O. The molecule has 0 saturated carbocycles. The second-order valence-electron chi connectivity index (χ2n) is 5.01. The number of anilines is 3. The largest absolute Gasteiger partial charge is 0.330 e. The van der Waals surface area contributed by atoms with Crippen molar-refractivity contribution in [2.75, 3.05) is 23.4 Å². The lowest BCUT2D eigenvalue weighted by Gasteiger charge is -2.35. The van der Waals surface area contributed by atoms with E-state index in [9.17, 15) is 4.79 Å². The van der Waals surface area contributed by atoms with Crippen LogP contribution >= 0.6 is 15.9 Å². The summed E-state index contributed by atoms with van der Waals surface area (Å²) in [5, 5.41) is 0. The summed E-state index contributed by atoms with van der Waals surface area (Å²) >= 11 is 3.51. The van der Waals surface area contributed by atoms with Crippen LogP contribution < -0.4 is 9.80 Å². The fourth-order valence-corrected chi connectivity index (χ4v) is 2.76. The van der Waals surface area contributed by atoms with Gasteiger partial charge in [-0.3, -0.25) is 4.79 Å². The van der Waals surface area contributed by atoms with Crippen LogP contribution in [0.3, 0.4) is 0 Å². The van der Waals surface area contributed by atoms with Crippen molar-refractivity contribution in [3.63, 3.8) is 0 Å². The molecule has 0 atom stereocenters. The quantitative estimate of drug-likeness (QED) is 0.792. The number of nitrogens with zero attached hydrogens (tertiary/aromatic N) is 2. The monoisotopic (exact) mass is 330 g/mol. The number of carbonyl (C=O) groups is 1. The van der Waals surface area contributed by atoms with Crippen LogP contribution in [0.1, 0.15) is 5.56 Å². The van der Waals surface area contributed by atoms with Crippen LogP contribution in [-0.4, -0.2) is 19.5 Å². The molecule has 2 aromatic rings. The molecule has 4 heteroatoms. The van der Waals surface area contributed by atoms with Gasteiger partial charge in [0, 0.05) is 17.2 Å². The second kappa shape index (κ2) is 4.94. The Balaban J connectivity index is 2.13. The van der Waals surface area contributed by atoms with Crippen molar-refractivity contribution >= 4 is 38.9 Å². The van der Waals surface area contributed by atoms with Gasteiger partial charge in [0.05, 0.1) is 11.4 Å². The molecule has 0 unspecified atom stereocenters. The number of hydrogen-bond donors (Lipinski definition) is 0. The topological polar surface area (TPSA) is 23.6 Å². The highest BCUT2D eigenvalue weighted by molar-refractivity contribution is 9.10.